The molecule has 4 heteroatoms. The van der Waals surface area contributed by atoms with Crippen molar-refractivity contribution in [3.63, 3.8) is 0 Å². The van der Waals surface area contributed by atoms with Gasteiger partial charge in [-0.15, -0.1) is 0 Å². The van der Waals surface area contributed by atoms with E-state index in [1.807, 2.05) is 24.3 Å². The molecule has 2 atom stereocenters. The number of nitrogens with two attached hydrogens (primary N) is 1. The highest BCUT2D eigenvalue weighted by Gasteiger charge is 2.34. The number of rotatable bonds is 1. The number of hydrogen-bond acceptors (Lipinski definition) is 3. The Bertz CT molecular complexity index is 390. The Balaban J connectivity index is 2.41. The molecular weight excluding hydrogens is 192 g/mol. The summed E-state index contributed by atoms with van der Waals surface area (Å²) in [6.45, 7) is 1.77. The van der Waals surface area contributed by atoms with Gasteiger partial charge in [0.2, 0.25) is 0 Å². The van der Waals surface area contributed by atoms with Gasteiger partial charge in [-0.25, -0.2) is 0 Å². The molecule has 15 heavy (non-hydrogen) atoms. The maximum absolute atomic E-state index is 11.9. The van der Waals surface area contributed by atoms with Crippen molar-refractivity contribution in [2.45, 2.75) is 19.1 Å². The standard InChI is InChI=1S/C11H14N2O2/c1-7(12)10-11(14)13(2)8-5-3-4-6-9(8)15-10/h3-7,10H,12H2,1-2H3. The first-order valence-electron chi connectivity index (χ1n) is 4.90. The third-order valence-electron chi connectivity index (χ3n) is 2.53. The SMILES string of the molecule is CC(N)C1Oc2ccccc2N(C)C1=O. The van der Waals surface area contributed by atoms with Gasteiger partial charge in [0.25, 0.3) is 5.91 Å². The fourth-order valence-electron chi connectivity index (χ4n) is 1.66. The Morgan fingerprint density at radius 1 is 1.47 bits per heavy atom. The summed E-state index contributed by atoms with van der Waals surface area (Å²) in [4.78, 5) is 13.4. The van der Waals surface area contributed by atoms with E-state index in [4.69, 9.17) is 10.5 Å². The fraction of sp³-hybridized carbons (Fsp3) is 0.364. The van der Waals surface area contributed by atoms with E-state index in [1.54, 1.807) is 18.9 Å². The number of likely N-dealkylation sites (N-methyl/N-ethyl adjacent to an activating group) is 1. The van der Waals surface area contributed by atoms with E-state index in [0.29, 0.717) is 5.75 Å². The van der Waals surface area contributed by atoms with Crippen molar-refractivity contribution in [2.75, 3.05) is 11.9 Å². The zero-order valence-corrected chi connectivity index (χ0v) is 8.81. The Hall–Kier alpha value is -1.55. The van der Waals surface area contributed by atoms with Crippen LogP contribution >= 0.6 is 0 Å². The molecule has 2 N–H and O–H groups in total. The smallest absolute Gasteiger partial charge is 0.269 e. The highest BCUT2D eigenvalue weighted by molar-refractivity contribution is 5.99. The minimum Gasteiger partial charge on any atom is -0.477 e. The largest absolute Gasteiger partial charge is 0.477 e. The number of ether oxygens (including phenoxy) is 1. The van der Waals surface area contributed by atoms with Gasteiger partial charge < -0.3 is 15.4 Å². The van der Waals surface area contributed by atoms with Crippen LogP contribution in [0.5, 0.6) is 5.75 Å². The molecule has 1 aromatic carbocycles. The predicted molar refractivity (Wildman–Crippen MR) is 57.9 cm³/mol. The van der Waals surface area contributed by atoms with Crippen LogP contribution < -0.4 is 15.4 Å². The van der Waals surface area contributed by atoms with Gasteiger partial charge in [0.05, 0.1) is 5.69 Å². The number of carbonyl (C=O) groups excluding carboxylic acids is 1. The van der Waals surface area contributed by atoms with Gasteiger partial charge in [0, 0.05) is 13.1 Å². The molecule has 0 bridgehead atoms. The summed E-state index contributed by atoms with van der Waals surface area (Å²) in [5.74, 6) is 0.616. The van der Waals surface area contributed by atoms with Gasteiger partial charge in [-0.2, -0.15) is 0 Å². The van der Waals surface area contributed by atoms with Crippen LogP contribution in [0.1, 0.15) is 6.92 Å². The molecular formula is C11H14N2O2. The summed E-state index contributed by atoms with van der Waals surface area (Å²) in [7, 11) is 1.74. The Labute approximate surface area is 88.6 Å². The van der Waals surface area contributed by atoms with E-state index >= 15 is 0 Å². The van der Waals surface area contributed by atoms with Gasteiger partial charge in [-0.05, 0) is 19.1 Å². The second kappa shape index (κ2) is 3.55. The highest BCUT2D eigenvalue weighted by atomic mass is 16.5. The molecule has 0 aliphatic carbocycles. The molecule has 1 heterocycles. The zero-order chi connectivity index (χ0) is 11.0. The van der Waals surface area contributed by atoms with Gasteiger partial charge in [0.15, 0.2) is 6.10 Å². The third-order valence-corrected chi connectivity index (χ3v) is 2.53. The van der Waals surface area contributed by atoms with Crippen LogP contribution in [0.3, 0.4) is 0 Å². The minimum atomic E-state index is -0.579. The van der Waals surface area contributed by atoms with Crippen molar-refractivity contribution in [2.24, 2.45) is 5.73 Å². The predicted octanol–water partition coefficient (Wildman–Crippen LogP) is 0.758. The van der Waals surface area contributed by atoms with Gasteiger partial charge in [-0.3, -0.25) is 4.79 Å². The molecule has 2 rings (SSSR count). The van der Waals surface area contributed by atoms with Crippen LogP contribution in [-0.4, -0.2) is 25.1 Å². The number of hydrogen-bond donors (Lipinski definition) is 1. The molecule has 1 aliphatic heterocycles. The van der Waals surface area contributed by atoms with E-state index < -0.39 is 6.10 Å². The summed E-state index contributed by atoms with van der Waals surface area (Å²) in [5, 5.41) is 0. The van der Waals surface area contributed by atoms with Crippen LogP contribution in [0.2, 0.25) is 0 Å². The first-order chi connectivity index (χ1) is 7.11. The summed E-state index contributed by atoms with van der Waals surface area (Å²) < 4.78 is 5.56. The van der Waals surface area contributed by atoms with E-state index in [-0.39, 0.29) is 11.9 Å². The lowest BCUT2D eigenvalue weighted by Gasteiger charge is -2.33. The fourth-order valence-corrected chi connectivity index (χ4v) is 1.66. The van der Waals surface area contributed by atoms with E-state index in [0.717, 1.165) is 5.69 Å². The lowest BCUT2D eigenvalue weighted by atomic mass is 10.1. The molecule has 0 spiro atoms. The van der Waals surface area contributed by atoms with Crippen LogP contribution in [0.25, 0.3) is 0 Å². The number of fused-ring (bicyclic) bond motifs is 1. The van der Waals surface area contributed by atoms with Crippen LogP contribution in [-0.2, 0) is 4.79 Å². The minimum absolute atomic E-state index is 0.0938. The van der Waals surface area contributed by atoms with Crippen molar-refractivity contribution in [1.82, 2.24) is 0 Å². The molecule has 80 valence electrons. The second-order valence-electron chi connectivity index (χ2n) is 3.76. The van der Waals surface area contributed by atoms with E-state index in [1.165, 1.54) is 0 Å². The third kappa shape index (κ3) is 1.57. The van der Waals surface area contributed by atoms with E-state index in [2.05, 4.69) is 0 Å². The molecule has 0 radical (unpaired) electrons. The molecule has 1 aliphatic rings. The molecule has 2 unspecified atom stereocenters. The molecule has 0 aromatic heterocycles. The highest BCUT2D eigenvalue weighted by Crippen LogP contribution is 2.32. The maximum Gasteiger partial charge on any atom is 0.269 e. The summed E-state index contributed by atoms with van der Waals surface area (Å²) >= 11 is 0. The van der Waals surface area contributed by atoms with Gasteiger partial charge in [-0.1, -0.05) is 12.1 Å². The van der Waals surface area contributed by atoms with Crippen molar-refractivity contribution >= 4 is 11.6 Å². The Morgan fingerprint density at radius 2 is 2.13 bits per heavy atom. The number of para-hydroxylation sites is 2. The lowest BCUT2D eigenvalue weighted by Crippen LogP contribution is -2.51. The van der Waals surface area contributed by atoms with Gasteiger partial charge in [0.1, 0.15) is 5.75 Å². The Kier molecular flexibility index (Phi) is 2.36. The Morgan fingerprint density at radius 3 is 2.80 bits per heavy atom. The van der Waals surface area contributed by atoms with Gasteiger partial charge >= 0.3 is 0 Å². The van der Waals surface area contributed by atoms with Crippen LogP contribution in [0, 0.1) is 0 Å². The molecule has 1 amide bonds. The number of nitrogens with zero attached hydrogens (tertiary/aromatic N) is 1. The monoisotopic (exact) mass is 206 g/mol. The zero-order valence-electron chi connectivity index (χ0n) is 8.81. The molecule has 0 fully saturated rings. The van der Waals surface area contributed by atoms with Crippen molar-refractivity contribution < 1.29 is 9.53 Å². The van der Waals surface area contributed by atoms with Crippen molar-refractivity contribution in [3.05, 3.63) is 24.3 Å². The van der Waals surface area contributed by atoms with Crippen LogP contribution in [0.4, 0.5) is 5.69 Å². The molecule has 1 aromatic rings. The molecule has 0 saturated heterocycles. The second-order valence-corrected chi connectivity index (χ2v) is 3.76. The van der Waals surface area contributed by atoms with E-state index in [9.17, 15) is 4.79 Å². The first kappa shape index (κ1) is 9.98. The molecule has 4 nitrogen and oxygen atoms in total. The summed E-state index contributed by atoms with van der Waals surface area (Å²) in [6.07, 6.45) is -0.579. The number of amides is 1. The molecule has 0 saturated carbocycles. The summed E-state index contributed by atoms with van der Waals surface area (Å²) in [6, 6.07) is 7.13. The average molecular weight is 206 g/mol. The number of carbonyl (C=O) groups is 1. The van der Waals surface area contributed by atoms with Crippen molar-refractivity contribution in [3.8, 4) is 5.75 Å². The average Bonchev–Trinajstić information content (AvgIpc) is 2.23. The number of benzene rings is 1. The maximum atomic E-state index is 11.9. The van der Waals surface area contributed by atoms with Crippen LogP contribution in [0.15, 0.2) is 24.3 Å². The summed E-state index contributed by atoms with van der Waals surface area (Å²) in [5.41, 5.74) is 6.50. The first-order valence-corrected chi connectivity index (χ1v) is 4.90. The normalized spacial score (nSPS) is 21.9. The topological polar surface area (TPSA) is 55.6 Å². The lowest BCUT2D eigenvalue weighted by molar-refractivity contribution is -0.126. The quantitative estimate of drug-likeness (QED) is 0.738. The van der Waals surface area contributed by atoms with Crippen molar-refractivity contribution in [1.29, 1.82) is 0 Å². The number of anilines is 1.